The van der Waals surface area contributed by atoms with Gasteiger partial charge in [-0.25, -0.2) is 4.31 Å². The van der Waals surface area contributed by atoms with Crippen LogP contribution in [0.5, 0.6) is 0 Å². The molecule has 4 heteroatoms. The molecule has 2 rings (SSSR count). The van der Waals surface area contributed by atoms with Crippen LogP contribution < -0.4 is 0 Å². The number of carbonyl (C=O) groups excluding carboxylic acids is 2. The Morgan fingerprint density at radius 3 is 2.12 bits per heavy atom. The highest BCUT2D eigenvalue weighted by atomic mass is 32.2. The number of fused-ring (bicyclic) bond motifs is 1. The highest BCUT2D eigenvalue weighted by Crippen LogP contribution is 2.28. The normalized spacial score (nSPS) is 14.6. The fourth-order valence-corrected chi connectivity index (χ4v) is 2.85. The molecule has 2 amide bonds. The lowest BCUT2D eigenvalue weighted by molar-refractivity contribution is 0.0777. The number of amides is 2. The van der Waals surface area contributed by atoms with Crippen molar-refractivity contribution in [3.8, 4) is 0 Å². The predicted molar refractivity (Wildman–Crippen MR) is 68.9 cm³/mol. The van der Waals surface area contributed by atoms with Crippen molar-refractivity contribution in [1.29, 1.82) is 0 Å². The molecule has 0 saturated carbocycles. The van der Waals surface area contributed by atoms with Gasteiger partial charge in [-0.05, 0) is 36.4 Å². The summed E-state index contributed by atoms with van der Waals surface area (Å²) in [4.78, 5) is 23.9. The van der Waals surface area contributed by atoms with E-state index < -0.39 is 0 Å². The molecular formula is C13H15NO2S. The maximum Gasteiger partial charge on any atom is 0.271 e. The van der Waals surface area contributed by atoms with Crippen molar-refractivity contribution < 1.29 is 9.59 Å². The van der Waals surface area contributed by atoms with Crippen LogP contribution in [0.4, 0.5) is 0 Å². The van der Waals surface area contributed by atoms with Gasteiger partial charge in [-0.3, -0.25) is 9.59 Å². The summed E-state index contributed by atoms with van der Waals surface area (Å²) in [5.41, 5.74) is 1.05. The highest BCUT2D eigenvalue weighted by molar-refractivity contribution is 7.98. The molecule has 0 aromatic heterocycles. The quantitative estimate of drug-likeness (QED) is 0.608. The first-order chi connectivity index (χ1) is 8.11. The van der Waals surface area contributed by atoms with Crippen LogP contribution in [0.25, 0.3) is 0 Å². The molecule has 90 valence electrons. The minimum absolute atomic E-state index is 0.181. The molecule has 0 atom stereocenters. The average molecular weight is 249 g/mol. The van der Waals surface area contributed by atoms with E-state index in [2.05, 4.69) is 13.8 Å². The monoisotopic (exact) mass is 249 g/mol. The summed E-state index contributed by atoms with van der Waals surface area (Å²) in [5, 5.41) is 0. The van der Waals surface area contributed by atoms with Crippen molar-refractivity contribution in [1.82, 2.24) is 4.31 Å². The number of rotatable bonds is 4. The second-order valence-corrected chi connectivity index (χ2v) is 5.50. The van der Waals surface area contributed by atoms with E-state index in [0.717, 1.165) is 12.2 Å². The average Bonchev–Trinajstić information content (AvgIpc) is 2.54. The zero-order chi connectivity index (χ0) is 12.4. The van der Waals surface area contributed by atoms with Gasteiger partial charge in [-0.1, -0.05) is 26.0 Å². The molecule has 3 nitrogen and oxygen atoms in total. The van der Waals surface area contributed by atoms with E-state index in [9.17, 15) is 9.59 Å². The van der Waals surface area contributed by atoms with E-state index >= 15 is 0 Å². The number of benzene rings is 1. The molecule has 1 aromatic rings. The molecule has 17 heavy (non-hydrogen) atoms. The van der Waals surface area contributed by atoms with Crippen LogP contribution >= 0.6 is 11.9 Å². The molecule has 0 N–H and O–H groups in total. The first-order valence-corrected chi connectivity index (χ1v) is 6.66. The molecular weight excluding hydrogens is 234 g/mol. The Hall–Kier alpha value is -1.29. The second kappa shape index (κ2) is 4.92. The fourth-order valence-electron chi connectivity index (χ4n) is 1.66. The van der Waals surface area contributed by atoms with Gasteiger partial charge in [-0.15, -0.1) is 0 Å². The van der Waals surface area contributed by atoms with Crippen LogP contribution in [0.3, 0.4) is 0 Å². The van der Waals surface area contributed by atoms with Crippen LogP contribution in [0.15, 0.2) is 24.3 Å². The molecule has 0 unspecified atom stereocenters. The predicted octanol–water partition coefficient (Wildman–Crippen LogP) is 2.98. The molecule has 1 heterocycles. The number of hydrogen-bond acceptors (Lipinski definition) is 3. The Morgan fingerprint density at radius 2 is 1.65 bits per heavy atom. The van der Waals surface area contributed by atoms with Crippen molar-refractivity contribution in [2.24, 2.45) is 5.92 Å². The summed E-state index contributed by atoms with van der Waals surface area (Å²) in [6, 6.07) is 6.98. The molecule has 0 fully saturated rings. The smallest absolute Gasteiger partial charge is 0.268 e. The van der Waals surface area contributed by atoms with E-state index in [1.165, 1.54) is 16.3 Å². The minimum atomic E-state index is -0.181. The fraction of sp³-hybridized carbons (Fsp3) is 0.385. The second-order valence-electron chi connectivity index (χ2n) is 4.47. The minimum Gasteiger partial charge on any atom is -0.268 e. The lowest BCUT2D eigenvalue weighted by Crippen LogP contribution is -2.22. The molecule has 1 aliphatic rings. The molecule has 0 bridgehead atoms. The van der Waals surface area contributed by atoms with Crippen LogP contribution in [-0.2, 0) is 0 Å². The van der Waals surface area contributed by atoms with Crippen LogP contribution in [0.1, 0.15) is 41.0 Å². The van der Waals surface area contributed by atoms with E-state index in [-0.39, 0.29) is 11.8 Å². The number of nitrogens with zero attached hydrogens (tertiary/aromatic N) is 1. The van der Waals surface area contributed by atoms with Gasteiger partial charge in [-0.2, -0.15) is 0 Å². The van der Waals surface area contributed by atoms with Crippen LogP contribution in [0.2, 0.25) is 0 Å². The van der Waals surface area contributed by atoms with Crippen molar-refractivity contribution in [3.63, 3.8) is 0 Å². The molecule has 0 radical (unpaired) electrons. The topological polar surface area (TPSA) is 37.4 Å². The summed E-state index contributed by atoms with van der Waals surface area (Å²) in [5.74, 6) is 1.01. The molecule has 0 spiro atoms. The number of hydrogen-bond donors (Lipinski definition) is 0. The standard InChI is InChI=1S/C13H15NO2S/c1-9(2)7-8-17-14-12(15)10-5-3-4-6-11(10)13(14)16/h3-6,9H,7-8H2,1-2H3. The zero-order valence-electron chi connectivity index (χ0n) is 9.97. The summed E-state index contributed by atoms with van der Waals surface area (Å²) < 4.78 is 1.28. The van der Waals surface area contributed by atoms with Gasteiger partial charge in [0.25, 0.3) is 11.8 Å². The van der Waals surface area contributed by atoms with Gasteiger partial charge in [0.1, 0.15) is 0 Å². The Morgan fingerprint density at radius 1 is 1.12 bits per heavy atom. The molecule has 0 aliphatic carbocycles. The third-order valence-corrected chi connectivity index (χ3v) is 3.68. The van der Waals surface area contributed by atoms with Gasteiger partial charge in [0, 0.05) is 5.75 Å². The number of carbonyl (C=O) groups is 2. The summed E-state index contributed by atoms with van der Waals surface area (Å²) in [6.45, 7) is 4.26. The Kier molecular flexibility index (Phi) is 3.52. The molecule has 1 aromatic carbocycles. The zero-order valence-corrected chi connectivity index (χ0v) is 10.8. The maximum absolute atomic E-state index is 12.0. The SMILES string of the molecule is CC(C)CCSN1C(=O)c2ccccc2C1=O. The summed E-state index contributed by atoms with van der Waals surface area (Å²) in [7, 11) is 0. The van der Waals surface area contributed by atoms with Gasteiger partial charge in [0.15, 0.2) is 0 Å². The summed E-state index contributed by atoms with van der Waals surface area (Å²) in [6.07, 6.45) is 0.998. The number of imide groups is 1. The first kappa shape index (κ1) is 12.2. The third-order valence-electron chi connectivity index (χ3n) is 2.67. The Balaban J connectivity index is 2.08. The lowest BCUT2D eigenvalue weighted by Gasteiger charge is -2.12. The Bertz CT molecular complexity index is 421. The van der Waals surface area contributed by atoms with Crippen LogP contribution in [0, 0.1) is 5.92 Å². The van der Waals surface area contributed by atoms with Crippen LogP contribution in [-0.4, -0.2) is 21.9 Å². The Labute approximate surface area is 105 Å². The van der Waals surface area contributed by atoms with Crippen molar-refractivity contribution in [2.45, 2.75) is 20.3 Å². The first-order valence-electron chi connectivity index (χ1n) is 5.72. The van der Waals surface area contributed by atoms with Gasteiger partial charge >= 0.3 is 0 Å². The maximum atomic E-state index is 12.0. The highest BCUT2D eigenvalue weighted by Gasteiger charge is 2.35. The van der Waals surface area contributed by atoms with Crippen molar-refractivity contribution in [2.75, 3.05) is 5.75 Å². The largest absolute Gasteiger partial charge is 0.271 e. The molecule has 0 saturated heterocycles. The van der Waals surface area contributed by atoms with E-state index in [0.29, 0.717) is 17.0 Å². The van der Waals surface area contributed by atoms with Gasteiger partial charge in [0.05, 0.1) is 11.1 Å². The lowest BCUT2D eigenvalue weighted by atomic mass is 10.1. The molecule has 1 aliphatic heterocycles. The van der Waals surface area contributed by atoms with Crippen molar-refractivity contribution >= 4 is 23.8 Å². The van der Waals surface area contributed by atoms with E-state index in [1.807, 2.05) is 0 Å². The third kappa shape index (κ3) is 2.36. The van der Waals surface area contributed by atoms with Crippen molar-refractivity contribution in [3.05, 3.63) is 35.4 Å². The van der Waals surface area contributed by atoms with E-state index in [4.69, 9.17) is 0 Å². The summed E-state index contributed by atoms with van der Waals surface area (Å²) >= 11 is 1.32. The van der Waals surface area contributed by atoms with Gasteiger partial charge < -0.3 is 0 Å². The van der Waals surface area contributed by atoms with E-state index in [1.54, 1.807) is 24.3 Å². The van der Waals surface area contributed by atoms with Gasteiger partial charge in [0.2, 0.25) is 0 Å².